The van der Waals surface area contributed by atoms with Crippen molar-refractivity contribution >= 4 is 17.3 Å². The first-order valence-corrected chi connectivity index (χ1v) is 7.84. The first kappa shape index (κ1) is 18.1. The fourth-order valence-corrected chi connectivity index (χ4v) is 2.30. The standard InChI is InChI=1S/C20H21N3O2/c1-13-5-7-15(3)17(9-13)22-12-16(11-21)20(24)23-18-10-14(2)6-8-19(18)25-4/h5-10,12,22H,1-4H3,(H,23,24)/b16-12-. The van der Waals surface area contributed by atoms with Gasteiger partial charge >= 0.3 is 0 Å². The number of rotatable bonds is 5. The molecule has 0 saturated heterocycles. The maximum absolute atomic E-state index is 12.4. The van der Waals surface area contributed by atoms with E-state index in [1.807, 2.05) is 51.1 Å². The normalized spacial score (nSPS) is 10.8. The van der Waals surface area contributed by atoms with Gasteiger partial charge in [0.25, 0.3) is 5.91 Å². The average molecular weight is 335 g/mol. The van der Waals surface area contributed by atoms with Crippen molar-refractivity contribution in [2.45, 2.75) is 20.8 Å². The predicted octanol–water partition coefficient (Wildman–Crippen LogP) is 4.08. The number of carbonyl (C=O) groups excluding carboxylic acids is 1. The molecule has 2 aromatic rings. The fraction of sp³-hybridized carbons (Fsp3) is 0.200. The molecule has 0 bridgehead atoms. The van der Waals surface area contributed by atoms with Crippen LogP contribution in [0.1, 0.15) is 16.7 Å². The lowest BCUT2D eigenvalue weighted by atomic mass is 10.1. The number of anilines is 2. The summed E-state index contributed by atoms with van der Waals surface area (Å²) in [5, 5.41) is 15.1. The number of aryl methyl sites for hydroxylation is 3. The summed E-state index contributed by atoms with van der Waals surface area (Å²) in [6.07, 6.45) is 1.42. The van der Waals surface area contributed by atoms with Crippen molar-refractivity contribution < 1.29 is 9.53 Å². The Morgan fingerprint density at radius 1 is 1.08 bits per heavy atom. The summed E-state index contributed by atoms with van der Waals surface area (Å²) >= 11 is 0. The minimum atomic E-state index is -0.496. The van der Waals surface area contributed by atoms with Crippen LogP contribution in [0.3, 0.4) is 0 Å². The van der Waals surface area contributed by atoms with E-state index < -0.39 is 5.91 Å². The first-order valence-electron chi connectivity index (χ1n) is 7.84. The molecule has 2 rings (SSSR count). The summed E-state index contributed by atoms with van der Waals surface area (Å²) in [5.74, 6) is 0.0444. The summed E-state index contributed by atoms with van der Waals surface area (Å²) in [6.45, 7) is 5.85. The van der Waals surface area contributed by atoms with Crippen LogP contribution in [0.15, 0.2) is 48.2 Å². The highest BCUT2D eigenvalue weighted by atomic mass is 16.5. The van der Waals surface area contributed by atoms with E-state index in [0.717, 1.165) is 22.4 Å². The third-order valence-electron chi connectivity index (χ3n) is 3.73. The molecule has 0 radical (unpaired) electrons. The number of carbonyl (C=O) groups is 1. The van der Waals surface area contributed by atoms with Crippen LogP contribution < -0.4 is 15.4 Å². The minimum Gasteiger partial charge on any atom is -0.495 e. The van der Waals surface area contributed by atoms with Gasteiger partial charge in [-0.25, -0.2) is 0 Å². The van der Waals surface area contributed by atoms with Crippen LogP contribution in [0.2, 0.25) is 0 Å². The molecular formula is C20H21N3O2. The van der Waals surface area contributed by atoms with Crippen LogP contribution in [0.5, 0.6) is 5.75 Å². The molecule has 2 N–H and O–H groups in total. The average Bonchev–Trinajstić information content (AvgIpc) is 2.58. The highest BCUT2D eigenvalue weighted by Crippen LogP contribution is 2.25. The summed E-state index contributed by atoms with van der Waals surface area (Å²) in [7, 11) is 1.53. The summed E-state index contributed by atoms with van der Waals surface area (Å²) in [6, 6.07) is 13.3. The van der Waals surface area contributed by atoms with Gasteiger partial charge in [-0.1, -0.05) is 18.2 Å². The Hall–Kier alpha value is -3.26. The van der Waals surface area contributed by atoms with Gasteiger partial charge < -0.3 is 15.4 Å². The van der Waals surface area contributed by atoms with Gasteiger partial charge in [0.15, 0.2) is 0 Å². The predicted molar refractivity (Wildman–Crippen MR) is 99.6 cm³/mol. The Morgan fingerprint density at radius 2 is 1.72 bits per heavy atom. The number of benzene rings is 2. The molecule has 0 fully saturated rings. The quantitative estimate of drug-likeness (QED) is 0.638. The zero-order chi connectivity index (χ0) is 18.4. The van der Waals surface area contributed by atoms with Crippen molar-refractivity contribution in [2.24, 2.45) is 0 Å². The van der Waals surface area contributed by atoms with E-state index in [-0.39, 0.29) is 5.57 Å². The Bertz CT molecular complexity index is 864. The first-order chi connectivity index (χ1) is 11.9. The Labute approximate surface area is 147 Å². The highest BCUT2D eigenvalue weighted by Gasteiger charge is 2.12. The second-order valence-corrected chi connectivity index (χ2v) is 5.79. The maximum Gasteiger partial charge on any atom is 0.267 e. The number of nitrogens with zero attached hydrogens (tertiary/aromatic N) is 1. The third-order valence-corrected chi connectivity index (χ3v) is 3.73. The molecular weight excluding hydrogens is 314 g/mol. The highest BCUT2D eigenvalue weighted by molar-refractivity contribution is 6.07. The smallest absolute Gasteiger partial charge is 0.267 e. The number of nitrogens with one attached hydrogen (secondary N) is 2. The van der Waals surface area contributed by atoms with Gasteiger partial charge in [0, 0.05) is 11.9 Å². The molecule has 0 heterocycles. The van der Waals surface area contributed by atoms with Crippen molar-refractivity contribution in [1.82, 2.24) is 0 Å². The molecule has 0 unspecified atom stereocenters. The molecule has 0 aliphatic carbocycles. The van der Waals surface area contributed by atoms with Gasteiger partial charge in [-0.2, -0.15) is 5.26 Å². The van der Waals surface area contributed by atoms with Gasteiger partial charge in [0.2, 0.25) is 0 Å². The molecule has 5 nitrogen and oxygen atoms in total. The number of nitriles is 1. The molecule has 1 amide bonds. The van der Waals surface area contributed by atoms with E-state index in [4.69, 9.17) is 4.74 Å². The summed E-state index contributed by atoms with van der Waals surface area (Å²) in [5.41, 5.74) is 4.46. The van der Waals surface area contributed by atoms with Crippen molar-refractivity contribution in [2.75, 3.05) is 17.7 Å². The van der Waals surface area contributed by atoms with E-state index in [9.17, 15) is 10.1 Å². The van der Waals surface area contributed by atoms with Crippen molar-refractivity contribution in [1.29, 1.82) is 5.26 Å². The third kappa shape index (κ3) is 4.61. The fourth-order valence-electron chi connectivity index (χ4n) is 2.30. The van der Waals surface area contributed by atoms with Crippen LogP contribution in [-0.2, 0) is 4.79 Å². The van der Waals surface area contributed by atoms with Gasteiger partial charge in [-0.3, -0.25) is 4.79 Å². The minimum absolute atomic E-state index is 0.0236. The van der Waals surface area contributed by atoms with E-state index in [1.54, 1.807) is 12.1 Å². The molecule has 0 aliphatic heterocycles. The molecule has 25 heavy (non-hydrogen) atoms. The Balaban J connectivity index is 2.20. The topological polar surface area (TPSA) is 74.1 Å². The van der Waals surface area contributed by atoms with Crippen LogP contribution >= 0.6 is 0 Å². The number of ether oxygens (including phenoxy) is 1. The number of methoxy groups -OCH3 is 1. The number of amides is 1. The van der Waals surface area contributed by atoms with Gasteiger partial charge in [0.05, 0.1) is 12.8 Å². The largest absolute Gasteiger partial charge is 0.495 e. The molecule has 0 spiro atoms. The lowest BCUT2D eigenvalue weighted by Gasteiger charge is -2.11. The van der Waals surface area contributed by atoms with E-state index in [0.29, 0.717) is 11.4 Å². The number of hydrogen-bond acceptors (Lipinski definition) is 4. The lowest BCUT2D eigenvalue weighted by Crippen LogP contribution is -2.15. The van der Waals surface area contributed by atoms with Crippen LogP contribution in [-0.4, -0.2) is 13.0 Å². The Kier molecular flexibility index (Phi) is 5.80. The molecule has 0 atom stereocenters. The number of hydrogen-bond donors (Lipinski definition) is 2. The molecule has 0 aromatic heterocycles. The molecule has 2 aromatic carbocycles. The van der Waals surface area contributed by atoms with E-state index in [2.05, 4.69) is 10.6 Å². The van der Waals surface area contributed by atoms with Crippen molar-refractivity contribution in [3.63, 3.8) is 0 Å². The lowest BCUT2D eigenvalue weighted by molar-refractivity contribution is -0.112. The molecule has 0 saturated carbocycles. The summed E-state index contributed by atoms with van der Waals surface area (Å²) < 4.78 is 5.24. The molecule has 128 valence electrons. The second kappa shape index (κ2) is 8.02. The van der Waals surface area contributed by atoms with Gasteiger partial charge in [0.1, 0.15) is 17.4 Å². The Morgan fingerprint density at radius 3 is 2.36 bits per heavy atom. The van der Waals surface area contributed by atoms with Crippen LogP contribution in [0.25, 0.3) is 0 Å². The van der Waals surface area contributed by atoms with Crippen LogP contribution in [0.4, 0.5) is 11.4 Å². The van der Waals surface area contributed by atoms with Crippen LogP contribution in [0, 0.1) is 32.1 Å². The monoisotopic (exact) mass is 335 g/mol. The van der Waals surface area contributed by atoms with Gasteiger partial charge in [-0.15, -0.1) is 0 Å². The molecule has 0 aliphatic rings. The summed E-state index contributed by atoms with van der Waals surface area (Å²) in [4.78, 5) is 12.4. The molecule has 5 heteroatoms. The van der Waals surface area contributed by atoms with Crippen molar-refractivity contribution in [3.05, 3.63) is 64.9 Å². The zero-order valence-corrected chi connectivity index (χ0v) is 14.8. The van der Waals surface area contributed by atoms with E-state index in [1.165, 1.54) is 13.3 Å². The maximum atomic E-state index is 12.4. The second-order valence-electron chi connectivity index (χ2n) is 5.79. The van der Waals surface area contributed by atoms with Crippen molar-refractivity contribution in [3.8, 4) is 11.8 Å². The SMILES string of the molecule is COc1ccc(C)cc1NC(=O)/C(C#N)=C\Nc1cc(C)ccc1C. The zero-order valence-electron chi connectivity index (χ0n) is 14.8. The van der Waals surface area contributed by atoms with Gasteiger partial charge in [-0.05, 0) is 55.7 Å². The van der Waals surface area contributed by atoms with E-state index >= 15 is 0 Å².